The molecule has 21 heavy (non-hydrogen) atoms. The highest BCUT2D eigenvalue weighted by atomic mass is 19.1. The molecule has 2 aromatic rings. The van der Waals surface area contributed by atoms with Gasteiger partial charge in [0.1, 0.15) is 11.6 Å². The highest BCUT2D eigenvalue weighted by Crippen LogP contribution is 2.28. The van der Waals surface area contributed by atoms with Gasteiger partial charge in [0.25, 0.3) is 0 Å². The van der Waals surface area contributed by atoms with Gasteiger partial charge >= 0.3 is 0 Å². The van der Waals surface area contributed by atoms with Gasteiger partial charge < -0.3 is 5.73 Å². The SMILES string of the molecule is CCC(C)c1ccc(C(N)c2c(F)ccc(C)c2F)cc1. The lowest BCUT2D eigenvalue weighted by atomic mass is 9.93. The van der Waals surface area contributed by atoms with Crippen LogP contribution in [-0.4, -0.2) is 0 Å². The number of hydrogen-bond donors (Lipinski definition) is 1. The van der Waals surface area contributed by atoms with E-state index in [0.717, 1.165) is 6.42 Å². The molecule has 0 bridgehead atoms. The van der Waals surface area contributed by atoms with Crippen LogP contribution in [0.1, 0.15) is 54.5 Å². The van der Waals surface area contributed by atoms with Crippen LogP contribution in [0.2, 0.25) is 0 Å². The number of hydrogen-bond acceptors (Lipinski definition) is 1. The van der Waals surface area contributed by atoms with Crippen LogP contribution < -0.4 is 5.73 Å². The van der Waals surface area contributed by atoms with Crippen LogP contribution in [0, 0.1) is 18.6 Å². The van der Waals surface area contributed by atoms with Gasteiger partial charge in [0, 0.05) is 5.56 Å². The molecule has 0 heterocycles. The summed E-state index contributed by atoms with van der Waals surface area (Å²) in [6.45, 7) is 5.88. The van der Waals surface area contributed by atoms with Crippen molar-refractivity contribution in [3.05, 3.63) is 70.3 Å². The predicted octanol–water partition coefficient (Wildman–Crippen LogP) is 4.83. The highest BCUT2D eigenvalue weighted by Gasteiger charge is 2.20. The first-order chi connectivity index (χ1) is 9.95. The number of nitrogens with two attached hydrogens (primary N) is 1. The summed E-state index contributed by atoms with van der Waals surface area (Å²) in [7, 11) is 0. The van der Waals surface area contributed by atoms with Crippen LogP contribution in [0.3, 0.4) is 0 Å². The Morgan fingerprint density at radius 3 is 2.14 bits per heavy atom. The molecule has 0 aliphatic carbocycles. The number of benzene rings is 2. The monoisotopic (exact) mass is 289 g/mol. The molecule has 0 aliphatic rings. The van der Waals surface area contributed by atoms with Crippen molar-refractivity contribution in [2.45, 2.75) is 39.2 Å². The van der Waals surface area contributed by atoms with E-state index < -0.39 is 17.7 Å². The summed E-state index contributed by atoms with van der Waals surface area (Å²) in [5, 5.41) is 0. The van der Waals surface area contributed by atoms with Gasteiger partial charge in [-0.15, -0.1) is 0 Å². The van der Waals surface area contributed by atoms with E-state index in [1.165, 1.54) is 17.7 Å². The minimum absolute atomic E-state index is 0.0636. The second-order valence-electron chi connectivity index (χ2n) is 5.55. The van der Waals surface area contributed by atoms with E-state index in [0.29, 0.717) is 17.0 Å². The molecule has 0 radical (unpaired) electrons. The molecule has 2 N–H and O–H groups in total. The Morgan fingerprint density at radius 2 is 1.57 bits per heavy atom. The molecule has 0 spiro atoms. The van der Waals surface area contributed by atoms with Gasteiger partial charge in [-0.25, -0.2) is 8.78 Å². The average molecular weight is 289 g/mol. The third kappa shape index (κ3) is 3.13. The van der Waals surface area contributed by atoms with E-state index in [1.807, 2.05) is 24.3 Å². The summed E-state index contributed by atoms with van der Waals surface area (Å²) >= 11 is 0. The summed E-state index contributed by atoms with van der Waals surface area (Å²) in [5.74, 6) is -0.701. The lowest BCUT2D eigenvalue weighted by Crippen LogP contribution is -2.16. The fourth-order valence-corrected chi connectivity index (χ4v) is 2.40. The van der Waals surface area contributed by atoms with E-state index in [4.69, 9.17) is 5.73 Å². The molecule has 2 atom stereocenters. The summed E-state index contributed by atoms with van der Waals surface area (Å²) in [5.41, 5.74) is 8.32. The van der Waals surface area contributed by atoms with Crippen molar-refractivity contribution < 1.29 is 8.78 Å². The molecule has 1 nitrogen and oxygen atoms in total. The van der Waals surface area contributed by atoms with Crippen molar-refractivity contribution >= 4 is 0 Å². The van der Waals surface area contributed by atoms with Gasteiger partial charge in [0.05, 0.1) is 6.04 Å². The zero-order valence-electron chi connectivity index (χ0n) is 12.7. The van der Waals surface area contributed by atoms with Crippen molar-refractivity contribution in [3.8, 4) is 0 Å². The Labute approximate surface area is 124 Å². The molecule has 0 aromatic heterocycles. The summed E-state index contributed by atoms with van der Waals surface area (Å²) < 4.78 is 28.0. The molecule has 3 heteroatoms. The fourth-order valence-electron chi connectivity index (χ4n) is 2.40. The van der Waals surface area contributed by atoms with Gasteiger partial charge in [-0.3, -0.25) is 0 Å². The second-order valence-corrected chi connectivity index (χ2v) is 5.55. The summed E-state index contributed by atoms with van der Waals surface area (Å²) in [6, 6.07) is 9.56. The van der Waals surface area contributed by atoms with Crippen LogP contribution in [0.15, 0.2) is 36.4 Å². The predicted molar refractivity (Wildman–Crippen MR) is 82.3 cm³/mol. The maximum Gasteiger partial charge on any atom is 0.134 e. The van der Waals surface area contributed by atoms with Gasteiger partial charge in [-0.2, -0.15) is 0 Å². The number of rotatable bonds is 4. The molecular formula is C18H21F2N. The van der Waals surface area contributed by atoms with Gasteiger partial charge in [0.2, 0.25) is 0 Å². The van der Waals surface area contributed by atoms with Crippen LogP contribution in [0.5, 0.6) is 0 Å². The van der Waals surface area contributed by atoms with Gasteiger partial charge in [-0.1, -0.05) is 44.2 Å². The standard InChI is InChI=1S/C18H21F2N/c1-4-11(2)13-6-8-14(9-7-13)18(21)16-15(19)10-5-12(3)17(16)20/h5-11,18H,4,21H2,1-3H3. The zero-order chi connectivity index (χ0) is 15.6. The van der Waals surface area contributed by atoms with Crippen molar-refractivity contribution in [1.82, 2.24) is 0 Å². The Bertz CT molecular complexity index is 620. The molecule has 0 aliphatic heterocycles. The maximum absolute atomic E-state index is 14.1. The van der Waals surface area contributed by atoms with E-state index in [-0.39, 0.29) is 5.56 Å². The number of halogens is 2. The third-order valence-electron chi connectivity index (χ3n) is 4.11. The molecular weight excluding hydrogens is 268 g/mol. The molecule has 2 aromatic carbocycles. The third-order valence-corrected chi connectivity index (χ3v) is 4.11. The molecule has 112 valence electrons. The van der Waals surface area contributed by atoms with Crippen LogP contribution in [0.25, 0.3) is 0 Å². The van der Waals surface area contributed by atoms with Crippen LogP contribution in [0.4, 0.5) is 8.78 Å². The van der Waals surface area contributed by atoms with Crippen LogP contribution in [-0.2, 0) is 0 Å². The molecule has 0 saturated carbocycles. The van der Waals surface area contributed by atoms with Crippen LogP contribution >= 0.6 is 0 Å². The Morgan fingerprint density at radius 1 is 1.00 bits per heavy atom. The molecule has 0 saturated heterocycles. The Hall–Kier alpha value is -1.74. The summed E-state index contributed by atoms with van der Waals surface area (Å²) in [6.07, 6.45) is 1.05. The molecule has 0 amide bonds. The number of aryl methyl sites for hydroxylation is 1. The second kappa shape index (κ2) is 6.35. The summed E-state index contributed by atoms with van der Waals surface area (Å²) in [4.78, 5) is 0. The lowest BCUT2D eigenvalue weighted by molar-refractivity contribution is 0.538. The average Bonchev–Trinajstić information content (AvgIpc) is 2.50. The fraction of sp³-hybridized carbons (Fsp3) is 0.333. The maximum atomic E-state index is 14.1. The Balaban J connectivity index is 2.37. The van der Waals surface area contributed by atoms with Crippen molar-refractivity contribution in [2.24, 2.45) is 5.73 Å². The largest absolute Gasteiger partial charge is 0.320 e. The first kappa shape index (κ1) is 15.6. The van der Waals surface area contributed by atoms with Crippen molar-refractivity contribution in [3.63, 3.8) is 0 Å². The molecule has 0 fully saturated rings. The molecule has 2 rings (SSSR count). The molecule has 2 unspecified atom stereocenters. The minimum atomic E-state index is -0.795. The quantitative estimate of drug-likeness (QED) is 0.856. The van der Waals surface area contributed by atoms with E-state index >= 15 is 0 Å². The van der Waals surface area contributed by atoms with E-state index in [2.05, 4.69) is 13.8 Å². The minimum Gasteiger partial charge on any atom is -0.320 e. The first-order valence-electron chi connectivity index (χ1n) is 7.25. The highest BCUT2D eigenvalue weighted by molar-refractivity contribution is 5.37. The van der Waals surface area contributed by atoms with E-state index in [9.17, 15) is 8.78 Å². The van der Waals surface area contributed by atoms with Crippen molar-refractivity contribution in [1.29, 1.82) is 0 Å². The lowest BCUT2D eigenvalue weighted by Gasteiger charge is -2.17. The van der Waals surface area contributed by atoms with Gasteiger partial charge in [0.15, 0.2) is 0 Å². The normalized spacial score (nSPS) is 14.0. The van der Waals surface area contributed by atoms with E-state index in [1.54, 1.807) is 6.92 Å². The Kier molecular flexibility index (Phi) is 4.73. The van der Waals surface area contributed by atoms with Crippen molar-refractivity contribution in [2.75, 3.05) is 0 Å². The van der Waals surface area contributed by atoms with Gasteiger partial charge in [-0.05, 0) is 42.0 Å². The zero-order valence-corrected chi connectivity index (χ0v) is 12.7. The first-order valence-corrected chi connectivity index (χ1v) is 7.25. The topological polar surface area (TPSA) is 26.0 Å². The smallest absolute Gasteiger partial charge is 0.134 e.